The van der Waals surface area contributed by atoms with Crippen LogP contribution in [-0.2, 0) is 26.6 Å². The van der Waals surface area contributed by atoms with Crippen LogP contribution in [0.25, 0.3) is 0 Å². The first kappa shape index (κ1) is 23.2. The number of ether oxygens (including phenoxy) is 1. The number of sulfone groups is 1. The first-order valence-electron chi connectivity index (χ1n) is 8.59. The molecule has 1 N–H and O–H groups in total. The number of nitrogens with one attached hydrogen (secondary N) is 1. The lowest BCUT2D eigenvalue weighted by atomic mass is 10.1. The minimum atomic E-state index is -4.62. The summed E-state index contributed by atoms with van der Waals surface area (Å²) in [5, 5.41) is 2.23. The number of hydrogen-bond donors (Lipinski definition) is 1. The van der Waals surface area contributed by atoms with E-state index in [9.17, 15) is 26.4 Å². The van der Waals surface area contributed by atoms with Gasteiger partial charge in [-0.15, -0.1) is 0 Å². The highest BCUT2D eigenvalue weighted by Crippen LogP contribution is 2.35. The van der Waals surface area contributed by atoms with Crippen molar-refractivity contribution in [3.63, 3.8) is 0 Å². The summed E-state index contributed by atoms with van der Waals surface area (Å²) in [6.45, 7) is 2.05. The molecule has 2 aromatic carbocycles. The quantitative estimate of drug-likeness (QED) is 0.572. The lowest BCUT2D eigenvalue weighted by Gasteiger charge is -2.15. The van der Waals surface area contributed by atoms with Gasteiger partial charge in [-0.1, -0.05) is 35.0 Å². The first-order chi connectivity index (χ1) is 13.5. The predicted molar refractivity (Wildman–Crippen MR) is 107 cm³/mol. The van der Waals surface area contributed by atoms with E-state index < -0.39 is 33.2 Å². The molecular formula is C19H19BrF3NO4S. The molecule has 0 atom stereocenters. The standard InChI is InChI=1S/C19H19BrF3NO4S/c1-2-8-28-17-7-6-14(19(21,22)23)10-16(17)24-18(25)12-29(26,27)11-13-4-3-5-15(20)9-13/h3-7,9-10H,2,8,11-12H2,1H3,(H,24,25). The molecule has 0 spiro atoms. The van der Waals surface area contributed by atoms with E-state index in [0.29, 0.717) is 16.5 Å². The van der Waals surface area contributed by atoms with Crippen LogP contribution < -0.4 is 10.1 Å². The number of anilines is 1. The highest BCUT2D eigenvalue weighted by Gasteiger charge is 2.31. The molecule has 0 bridgehead atoms. The van der Waals surface area contributed by atoms with Gasteiger partial charge in [0.05, 0.1) is 23.6 Å². The molecule has 0 heterocycles. The van der Waals surface area contributed by atoms with Crippen molar-refractivity contribution in [2.45, 2.75) is 25.3 Å². The van der Waals surface area contributed by atoms with Crippen LogP contribution in [-0.4, -0.2) is 26.7 Å². The molecule has 0 fully saturated rings. The average molecular weight is 494 g/mol. The maximum absolute atomic E-state index is 13.0. The van der Waals surface area contributed by atoms with Gasteiger partial charge in [-0.05, 0) is 42.3 Å². The molecule has 10 heteroatoms. The fraction of sp³-hybridized carbons (Fsp3) is 0.316. The molecule has 158 valence electrons. The molecule has 0 aliphatic rings. The van der Waals surface area contributed by atoms with Crippen molar-refractivity contribution in [1.29, 1.82) is 0 Å². The molecule has 2 aromatic rings. The molecule has 0 radical (unpaired) electrons. The predicted octanol–water partition coefficient (Wildman–Crippen LogP) is 4.81. The smallest absolute Gasteiger partial charge is 0.416 e. The van der Waals surface area contributed by atoms with E-state index in [1.54, 1.807) is 24.3 Å². The largest absolute Gasteiger partial charge is 0.491 e. The lowest BCUT2D eigenvalue weighted by Crippen LogP contribution is -2.24. The van der Waals surface area contributed by atoms with Crippen LogP contribution in [0.5, 0.6) is 5.75 Å². The average Bonchev–Trinajstić information content (AvgIpc) is 2.58. The van der Waals surface area contributed by atoms with Crippen LogP contribution in [0.15, 0.2) is 46.9 Å². The maximum Gasteiger partial charge on any atom is 0.416 e. The van der Waals surface area contributed by atoms with Crippen LogP contribution in [0.2, 0.25) is 0 Å². The highest BCUT2D eigenvalue weighted by molar-refractivity contribution is 9.10. The molecule has 0 unspecified atom stereocenters. The van der Waals surface area contributed by atoms with Crippen LogP contribution in [0.4, 0.5) is 18.9 Å². The van der Waals surface area contributed by atoms with Crippen molar-refractivity contribution in [1.82, 2.24) is 0 Å². The molecule has 0 aliphatic heterocycles. The van der Waals surface area contributed by atoms with Crippen LogP contribution in [0, 0.1) is 0 Å². The number of carbonyl (C=O) groups excluding carboxylic acids is 1. The van der Waals surface area contributed by atoms with Gasteiger partial charge >= 0.3 is 6.18 Å². The summed E-state index contributed by atoms with van der Waals surface area (Å²) in [4.78, 5) is 12.2. The van der Waals surface area contributed by atoms with E-state index in [1.165, 1.54) is 0 Å². The normalized spacial score (nSPS) is 11.9. The van der Waals surface area contributed by atoms with Crippen molar-refractivity contribution >= 4 is 37.4 Å². The Balaban J connectivity index is 2.17. The maximum atomic E-state index is 13.0. The Morgan fingerprint density at radius 1 is 1.17 bits per heavy atom. The lowest BCUT2D eigenvalue weighted by molar-refractivity contribution is -0.137. The van der Waals surface area contributed by atoms with Gasteiger partial charge in [0.1, 0.15) is 11.5 Å². The molecule has 5 nitrogen and oxygen atoms in total. The third-order valence-electron chi connectivity index (χ3n) is 3.67. The molecule has 0 saturated heterocycles. The van der Waals surface area contributed by atoms with Gasteiger partial charge in [0.2, 0.25) is 5.91 Å². The molecule has 2 rings (SSSR count). The van der Waals surface area contributed by atoms with E-state index in [-0.39, 0.29) is 23.8 Å². The van der Waals surface area contributed by atoms with E-state index >= 15 is 0 Å². The Kier molecular flexibility index (Phi) is 7.70. The van der Waals surface area contributed by atoms with Gasteiger partial charge in [-0.2, -0.15) is 13.2 Å². The van der Waals surface area contributed by atoms with E-state index in [4.69, 9.17) is 4.74 Å². The zero-order valence-corrected chi connectivity index (χ0v) is 17.8. The Bertz CT molecular complexity index is 978. The Labute approximate surface area is 175 Å². The Hall–Kier alpha value is -2.07. The summed E-state index contributed by atoms with van der Waals surface area (Å²) in [6, 6.07) is 9.27. The summed E-state index contributed by atoms with van der Waals surface area (Å²) in [5.41, 5.74) is -0.720. The molecule has 0 aromatic heterocycles. The second-order valence-corrected chi connectivity index (χ2v) is 9.25. The molecule has 0 aliphatic carbocycles. The van der Waals surface area contributed by atoms with Crippen molar-refractivity contribution in [3.05, 3.63) is 58.1 Å². The van der Waals surface area contributed by atoms with Gasteiger partial charge in [0.25, 0.3) is 0 Å². The number of carbonyl (C=O) groups is 1. The topological polar surface area (TPSA) is 72.5 Å². The summed E-state index contributed by atoms with van der Waals surface area (Å²) in [6.07, 6.45) is -4.01. The first-order valence-corrected chi connectivity index (χ1v) is 11.2. The van der Waals surface area contributed by atoms with Crippen molar-refractivity contribution < 1.29 is 31.1 Å². The Morgan fingerprint density at radius 2 is 1.90 bits per heavy atom. The van der Waals surface area contributed by atoms with E-state index in [2.05, 4.69) is 21.2 Å². The number of halogens is 4. The molecule has 1 amide bonds. The number of rotatable bonds is 8. The molecular weight excluding hydrogens is 475 g/mol. The number of amides is 1. The summed E-state index contributed by atoms with van der Waals surface area (Å²) in [5.74, 6) is -2.15. The summed E-state index contributed by atoms with van der Waals surface area (Å²) < 4.78 is 69.6. The van der Waals surface area contributed by atoms with Crippen molar-refractivity contribution in [2.75, 3.05) is 17.7 Å². The van der Waals surface area contributed by atoms with Crippen LogP contribution in [0.1, 0.15) is 24.5 Å². The van der Waals surface area contributed by atoms with Crippen LogP contribution >= 0.6 is 15.9 Å². The third kappa shape index (κ3) is 7.36. The molecule has 0 saturated carbocycles. The number of hydrogen-bond acceptors (Lipinski definition) is 4. The van der Waals surface area contributed by atoms with Crippen molar-refractivity contribution in [2.24, 2.45) is 0 Å². The second-order valence-electron chi connectivity index (χ2n) is 6.27. The second kappa shape index (κ2) is 9.62. The van der Waals surface area contributed by atoms with Gasteiger partial charge in [-0.25, -0.2) is 8.42 Å². The molecule has 29 heavy (non-hydrogen) atoms. The van der Waals surface area contributed by atoms with Gasteiger partial charge in [0.15, 0.2) is 9.84 Å². The third-order valence-corrected chi connectivity index (χ3v) is 5.64. The minimum Gasteiger partial charge on any atom is -0.491 e. The minimum absolute atomic E-state index is 0.0394. The van der Waals surface area contributed by atoms with Gasteiger partial charge < -0.3 is 10.1 Å². The fourth-order valence-electron chi connectivity index (χ4n) is 2.46. The van der Waals surface area contributed by atoms with Gasteiger partial charge in [-0.3, -0.25) is 4.79 Å². The van der Waals surface area contributed by atoms with Gasteiger partial charge in [0, 0.05) is 4.47 Å². The van der Waals surface area contributed by atoms with Crippen LogP contribution in [0.3, 0.4) is 0 Å². The monoisotopic (exact) mass is 493 g/mol. The zero-order chi connectivity index (χ0) is 21.7. The summed E-state index contributed by atoms with van der Waals surface area (Å²) in [7, 11) is -3.83. The Morgan fingerprint density at radius 3 is 2.52 bits per heavy atom. The van der Waals surface area contributed by atoms with E-state index in [1.807, 2.05) is 6.92 Å². The number of alkyl halides is 3. The van der Waals surface area contributed by atoms with E-state index in [0.717, 1.165) is 18.2 Å². The van der Waals surface area contributed by atoms with Crippen molar-refractivity contribution in [3.8, 4) is 5.75 Å². The fourth-order valence-corrected chi connectivity index (χ4v) is 4.17. The zero-order valence-electron chi connectivity index (χ0n) is 15.4. The highest BCUT2D eigenvalue weighted by atomic mass is 79.9. The SMILES string of the molecule is CCCOc1ccc(C(F)(F)F)cc1NC(=O)CS(=O)(=O)Cc1cccc(Br)c1. The number of benzene rings is 2. The summed E-state index contributed by atoms with van der Waals surface area (Å²) >= 11 is 3.24.